The maximum absolute atomic E-state index is 12.9. The van der Waals surface area contributed by atoms with Gasteiger partial charge in [-0.25, -0.2) is 4.79 Å². The van der Waals surface area contributed by atoms with Crippen molar-refractivity contribution in [1.29, 1.82) is 0 Å². The number of aliphatic hydroxyl groups is 1. The topological polar surface area (TPSA) is 46.5 Å². The van der Waals surface area contributed by atoms with E-state index < -0.39 is 42.1 Å². The third-order valence-corrected chi connectivity index (χ3v) is 1.94. The monoisotopic (exact) mass is 314 g/mol. The number of halogens is 7. The van der Waals surface area contributed by atoms with Crippen LogP contribution in [0.1, 0.15) is 27.2 Å². The molecule has 0 aromatic rings. The summed E-state index contributed by atoms with van der Waals surface area (Å²) in [6, 6.07) is 0. The zero-order valence-electron chi connectivity index (χ0n) is 10.7. The van der Waals surface area contributed by atoms with Crippen LogP contribution in [0.15, 0.2) is 0 Å². The van der Waals surface area contributed by atoms with Crippen molar-refractivity contribution in [2.24, 2.45) is 0 Å². The van der Waals surface area contributed by atoms with Crippen LogP contribution in [-0.2, 0) is 9.53 Å². The fourth-order valence-corrected chi connectivity index (χ4v) is 1.03. The molecule has 20 heavy (non-hydrogen) atoms. The van der Waals surface area contributed by atoms with Gasteiger partial charge in [-0.2, -0.15) is 30.7 Å². The van der Waals surface area contributed by atoms with Gasteiger partial charge in [-0.1, -0.05) is 0 Å². The van der Waals surface area contributed by atoms with Gasteiger partial charge in [0.05, 0.1) is 6.42 Å². The van der Waals surface area contributed by atoms with Crippen LogP contribution in [-0.4, -0.2) is 40.8 Å². The maximum Gasteiger partial charge on any atom is 0.459 e. The highest BCUT2D eigenvalue weighted by Gasteiger charge is 2.73. The van der Waals surface area contributed by atoms with Gasteiger partial charge in [-0.05, 0) is 20.8 Å². The summed E-state index contributed by atoms with van der Waals surface area (Å²) in [6.07, 6.45) is -11.7. The number of carbonyl (C=O) groups is 1. The summed E-state index contributed by atoms with van der Waals surface area (Å²) >= 11 is 0. The maximum atomic E-state index is 12.9. The lowest BCUT2D eigenvalue weighted by atomic mass is 10.0. The number of hydrogen-bond acceptors (Lipinski definition) is 3. The molecule has 0 bridgehead atoms. The third-order valence-electron chi connectivity index (χ3n) is 1.94. The molecule has 0 radical (unpaired) electrons. The Balaban J connectivity index is 4.98. The predicted octanol–water partition coefficient (Wildman–Crippen LogP) is 2.91. The first-order chi connectivity index (χ1) is 8.51. The van der Waals surface area contributed by atoms with Gasteiger partial charge in [0.2, 0.25) is 0 Å². The second-order valence-electron chi connectivity index (χ2n) is 5.03. The molecule has 0 heterocycles. The third kappa shape index (κ3) is 4.50. The summed E-state index contributed by atoms with van der Waals surface area (Å²) in [7, 11) is 0. The molecule has 0 aliphatic rings. The Morgan fingerprint density at radius 2 is 1.45 bits per heavy atom. The molecule has 0 aromatic carbocycles. The normalized spacial score (nSPS) is 15.9. The first-order valence-electron chi connectivity index (χ1n) is 5.24. The molecular formula is C10H13F7O3. The van der Waals surface area contributed by atoms with E-state index in [0.717, 1.165) is 0 Å². The van der Waals surface area contributed by atoms with Crippen LogP contribution in [0.25, 0.3) is 0 Å². The van der Waals surface area contributed by atoms with E-state index in [1.807, 2.05) is 0 Å². The van der Waals surface area contributed by atoms with Crippen molar-refractivity contribution >= 4 is 5.97 Å². The molecule has 1 N–H and O–H groups in total. The van der Waals surface area contributed by atoms with Gasteiger partial charge >= 0.3 is 24.0 Å². The highest BCUT2D eigenvalue weighted by molar-refractivity contribution is 5.74. The van der Waals surface area contributed by atoms with Crippen molar-refractivity contribution in [2.45, 2.75) is 56.9 Å². The van der Waals surface area contributed by atoms with Gasteiger partial charge < -0.3 is 9.84 Å². The van der Waals surface area contributed by atoms with E-state index in [2.05, 4.69) is 4.74 Å². The molecule has 120 valence electrons. The number of rotatable bonds is 4. The molecule has 3 nitrogen and oxygen atoms in total. The van der Waals surface area contributed by atoms with E-state index in [-0.39, 0.29) is 0 Å². The van der Waals surface area contributed by atoms with E-state index in [0.29, 0.717) is 0 Å². The molecule has 0 aliphatic heterocycles. The van der Waals surface area contributed by atoms with Crippen LogP contribution in [0.4, 0.5) is 30.7 Å². The predicted molar refractivity (Wildman–Crippen MR) is 52.4 cm³/mol. The summed E-state index contributed by atoms with van der Waals surface area (Å²) in [5.74, 6) is -13.7. The van der Waals surface area contributed by atoms with Gasteiger partial charge in [0, 0.05) is 0 Å². The fourth-order valence-electron chi connectivity index (χ4n) is 1.03. The largest absolute Gasteiger partial charge is 0.459 e. The highest BCUT2D eigenvalue weighted by Crippen LogP contribution is 2.48. The molecular weight excluding hydrogens is 301 g/mol. The molecule has 0 aromatic heterocycles. The van der Waals surface area contributed by atoms with Crippen LogP contribution in [0.3, 0.4) is 0 Å². The summed E-state index contributed by atoms with van der Waals surface area (Å²) in [4.78, 5) is 11.1. The average molecular weight is 314 g/mol. The lowest BCUT2D eigenvalue weighted by molar-refractivity contribution is -0.358. The quantitative estimate of drug-likeness (QED) is 0.641. The number of carbonyl (C=O) groups excluding carboxylic acids is 1. The molecule has 0 aliphatic carbocycles. The molecule has 10 heteroatoms. The zero-order chi connectivity index (χ0) is 16.6. The van der Waals surface area contributed by atoms with Crippen molar-refractivity contribution in [3.05, 3.63) is 0 Å². The van der Waals surface area contributed by atoms with Crippen LogP contribution >= 0.6 is 0 Å². The van der Waals surface area contributed by atoms with Gasteiger partial charge in [0.15, 0.2) is 6.10 Å². The van der Waals surface area contributed by atoms with Crippen LogP contribution in [0, 0.1) is 0 Å². The van der Waals surface area contributed by atoms with E-state index in [1.165, 1.54) is 20.8 Å². The Kier molecular flexibility index (Phi) is 5.09. The lowest BCUT2D eigenvalue weighted by Crippen LogP contribution is -2.54. The van der Waals surface area contributed by atoms with Gasteiger partial charge in [-0.3, -0.25) is 0 Å². The summed E-state index contributed by atoms with van der Waals surface area (Å²) in [5.41, 5.74) is -1.22. The molecule has 0 spiro atoms. The van der Waals surface area contributed by atoms with E-state index in [1.54, 1.807) is 0 Å². The van der Waals surface area contributed by atoms with Crippen molar-refractivity contribution < 1.29 is 45.4 Å². The molecule has 1 unspecified atom stereocenters. The molecule has 0 rings (SSSR count). The van der Waals surface area contributed by atoms with Crippen molar-refractivity contribution in [2.75, 3.05) is 0 Å². The lowest BCUT2D eigenvalue weighted by Gasteiger charge is -2.29. The van der Waals surface area contributed by atoms with E-state index in [4.69, 9.17) is 5.11 Å². The van der Waals surface area contributed by atoms with Gasteiger partial charge in [0.25, 0.3) is 0 Å². The number of alkyl halides is 7. The SMILES string of the molecule is CC(C)(C)OC(=O)C(O)CC(F)(F)C(F)(F)C(F)(F)F. The van der Waals surface area contributed by atoms with Crippen molar-refractivity contribution in [1.82, 2.24) is 0 Å². The summed E-state index contributed by atoms with van der Waals surface area (Å²) < 4.78 is 90.7. The minimum atomic E-state index is -6.51. The standard InChI is InChI=1S/C10H13F7O3/c1-7(2,3)20-6(19)5(18)4-8(11,12)9(13,14)10(15,16)17/h5,18H,4H2,1-3H3. The van der Waals surface area contributed by atoms with Crippen molar-refractivity contribution in [3.8, 4) is 0 Å². The van der Waals surface area contributed by atoms with Gasteiger partial charge in [0.1, 0.15) is 5.60 Å². The van der Waals surface area contributed by atoms with Crippen LogP contribution in [0.5, 0.6) is 0 Å². The molecule has 0 fully saturated rings. The van der Waals surface area contributed by atoms with Crippen LogP contribution in [0.2, 0.25) is 0 Å². The molecule has 1 atom stereocenters. The second-order valence-corrected chi connectivity index (χ2v) is 5.03. The van der Waals surface area contributed by atoms with E-state index in [9.17, 15) is 35.5 Å². The minimum absolute atomic E-state index is 1.22. The Labute approximate surface area is 109 Å². The average Bonchev–Trinajstić information content (AvgIpc) is 2.11. The first-order valence-corrected chi connectivity index (χ1v) is 5.24. The smallest absolute Gasteiger partial charge is 0.458 e. The second kappa shape index (κ2) is 5.38. The number of hydrogen-bond donors (Lipinski definition) is 1. The fraction of sp³-hybridized carbons (Fsp3) is 0.900. The molecule has 0 saturated carbocycles. The number of aliphatic hydroxyl groups excluding tert-OH is 1. The summed E-state index contributed by atoms with van der Waals surface area (Å²) in [6.45, 7) is 3.88. The van der Waals surface area contributed by atoms with Gasteiger partial charge in [-0.15, -0.1) is 0 Å². The van der Waals surface area contributed by atoms with Crippen LogP contribution < -0.4 is 0 Å². The highest BCUT2D eigenvalue weighted by atomic mass is 19.4. The Bertz CT molecular complexity index is 357. The Morgan fingerprint density at radius 1 is 1.05 bits per heavy atom. The Morgan fingerprint density at radius 3 is 1.75 bits per heavy atom. The van der Waals surface area contributed by atoms with Crippen molar-refractivity contribution in [3.63, 3.8) is 0 Å². The summed E-state index contributed by atoms with van der Waals surface area (Å²) in [5, 5.41) is 8.99. The zero-order valence-corrected chi connectivity index (χ0v) is 10.7. The number of ether oxygens (including phenoxy) is 1. The Hall–Kier alpha value is -1.06. The number of esters is 1. The molecule has 0 amide bonds. The first kappa shape index (κ1) is 18.9. The van der Waals surface area contributed by atoms with E-state index >= 15 is 0 Å². The molecule has 0 saturated heterocycles. The minimum Gasteiger partial charge on any atom is -0.458 e.